The van der Waals surface area contributed by atoms with Crippen molar-refractivity contribution < 1.29 is 28.5 Å². The molecule has 1 atom stereocenters. The number of likely N-dealkylation sites (tertiary alicyclic amines) is 1. The average molecular weight is 470 g/mol. The van der Waals surface area contributed by atoms with Gasteiger partial charge in [-0.15, -0.1) is 0 Å². The van der Waals surface area contributed by atoms with E-state index in [9.17, 15) is 9.59 Å². The van der Waals surface area contributed by atoms with Crippen LogP contribution in [0.4, 0.5) is 4.79 Å². The van der Waals surface area contributed by atoms with E-state index in [1.54, 1.807) is 55.1 Å². The van der Waals surface area contributed by atoms with Crippen molar-refractivity contribution in [3.8, 4) is 23.3 Å². The summed E-state index contributed by atoms with van der Waals surface area (Å²) < 4.78 is 22.9. The molecule has 1 aromatic carbocycles. The van der Waals surface area contributed by atoms with Gasteiger partial charge in [0.15, 0.2) is 0 Å². The third kappa shape index (κ3) is 6.22. The average Bonchev–Trinajstić information content (AvgIpc) is 3.44. The van der Waals surface area contributed by atoms with Crippen LogP contribution in [-0.2, 0) is 9.47 Å². The first-order valence-corrected chi connectivity index (χ1v) is 11.1. The number of benzene rings is 1. The summed E-state index contributed by atoms with van der Waals surface area (Å²) in [5, 5.41) is 4.57. The highest BCUT2D eigenvalue weighted by Crippen LogP contribution is 2.25. The Morgan fingerprint density at radius 2 is 1.79 bits per heavy atom. The molecule has 1 amide bonds. The molecule has 1 aliphatic rings. The summed E-state index contributed by atoms with van der Waals surface area (Å²) in [5.41, 5.74) is 0.664. The molecule has 2 heterocycles. The van der Waals surface area contributed by atoms with Crippen molar-refractivity contribution >= 4 is 12.1 Å². The van der Waals surface area contributed by atoms with Gasteiger partial charge in [-0.3, -0.25) is 4.68 Å². The summed E-state index contributed by atoms with van der Waals surface area (Å²) in [4.78, 5) is 26.6. The summed E-state index contributed by atoms with van der Waals surface area (Å²) >= 11 is 0. The molecule has 0 saturated carbocycles. The van der Waals surface area contributed by atoms with Gasteiger partial charge >= 0.3 is 12.1 Å². The van der Waals surface area contributed by atoms with Crippen molar-refractivity contribution in [1.29, 1.82) is 0 Å². The zero-order valence-electron chi connectivity index (χ0n) is 20.5. The quantitative estimate of drug-likeness (QED) is 0.487. The first-order valence-electron chi connectivity index (χ1n) is 11.1. The summed E-state index contributed by atoms with van der Waals surface area (Å²) in [6.07, 6.45) is 1.96. The lowest BCUT2D eigenvalue weighted by Gasteiger charge is -2.24. The van der Waals surface area contributed by atoms with Crippen LogP contribution in [0.2, 0.25) is 0 Å². The second kappa shape index (κ2) is 10.5. The third-order valence-corrected chi connectivity index (χ3v) is 5.09. The normalized spacial score (nSPS) is 15.4. The van der Waals surface area contributed by atoms with Gasteiger partial charge < -0.3 is 23.8 Å². The minimum absolute atomic E-state index is 0.104. The van der Waals surface area contributed by atoms with E-state index in [0.717, 1.165) is 0 Å². The highest BCUT2D eigenvalue weighted by atomic mass is 16.6. The Hall–Kier alpha value is -3.67. The molecule has 1 unspecified atom stereocenters. The number of ether oxygens (including phenoxy) is 4. The van der Waals surface area contributed by atoms with Crippen LogP contribution in [0.15, 0.2) is 24.4 Å². The van der Waals surface area contributed by atoms with Gasteiger partial charge in [-0.2, -0.15) is 5.10 Å². The number of aromatic nitrogens is 2. The molecular weight excluding hydrogens is 438 g/mol. The second-order valence-corrected chi connectivity index (χ2v) is 8.81. The number of rotatable bonds is 5. The van der Waals surface area contributed by atoms with Crippen molar-refractivity contribution in [1.82, 2.24) is 14.7 Å². The maximum Gasteiger partial charge on any atom is 0.410 e. The highest BCUT2D eigenvalue weighted by molar-refractivity contribution is 5.91. The Kier molecular flexibility index (Phi) is 7.72. The van der Waals surface area contributed by atoms with Crippen LogP contribution in [0.3, 0.4) is 0 Å². The number of hydrogen-bond donors (Lipinski definition) is 0. The molecule has 0 spiro atoms. The second-order valence-electron chi connectivity index (χ2n) is 8.81. The molecule has 9 nitrogen and oxygen atoms in total. The van der Waals surface area contributed by atoms with Gasteiger partial charge in [0, 0.05) is 30.9 Å². The number of hydrogen-bond acceptors (Lipinski definition) is 7. The fraction of sp³-hybridized carbons (Fsp3) is 0.480. The molecule has 34 heavy (non-hydrogen) atoms. The van der Waals surface area contributed by atoms with E-state index in [1.165, 1.54) is 0 Å². The number of nitrogens with zero attached hydrogens (tertiary/aromatic N) is 3. The van der Waals surface area contributed by atoms with Gasteiger partial charge in [0.05, 0.1) is 26.9 Å². The van der Waals surface area contributed by atoms with Crippen molar-refractivity contribution in [2.45, 2.75) is 45.8 Å². The molecular formula is C25H31N3O6. The topological polar surface area (TPSA) is 92.1 Å². The summed E-state index contributed by atoms with van der Waals surface area (Å²) in [6, 6.07) is 5.19. The van der Waals surface area contributed by atoms with E-state index >= 15 is 0 Å². The summed E-state index contributed by atoms with van der Waals surface area (Å²) in [5.74, 6) is 6.72. The highest BCUT2D eigenvalue weighted by Gasteiger charge is 2.32. The van der Waals surface area contributed by atoms with Gasteiger partial charge in [-0.1, -0.05) is 5.92 Å². The Morgan fingerprint density at radius 1 is 1.12 bits per heavy atom. The minimum Gasteiger partial charge on any atom is -0.497 e. The maximum absolute atomic E-state index is 12.6. The molecule has 0 bridgehead atoms. The maximum atomic E-state index is 12.6. The monoisotopic (exact) mass is 469 g/mol. The number of amides is 1. The Balaban J connectivity index is 1.87. The van der Waals surface area contributed by atoms with Crippen LogP contribution < -0.4 is 9.47 Å². The Bertz CT molecular complexity index is 1080. The smallest absolute Gasteiger partial charge is 0.410 e. The SMILES string of the molecule is CCOC(=O)c1cn(C2CCN(C(=O)OC(C)(C)C)C2)nc1C#Cc1cc(OC)cc(OC)c1. The van der Waals surface area contributed by atoms with E-state index in [-0.39, 0.29) is 24.3 Å². The van der Waals surface area contributed by atoms with Gasteiger partial charge in [-0.05, 0) is 52.2 Å². The van der Waals surface area contributed by atoms with Crippen LogP contribution in [0, 0.1) is 11.8 Å². The van der Waals surface area contributed by atoms with Crippen LogP contribution in [-0.4, -0.2) is 66.3 Å². The number of methoxy groups -OCH3 is 2. The molecule has 0 radical (unpaired) electrons. The van der Waals surface area contributed by atoms with E-state index in [4.69, 9.17) is 18.9 Å². The lowest BCUT2D eigenvalue weighted by atomic mass is 10.2. The molecule has 2 aromatic rings. The lowest BCUT2D eigenvalue weighted by molar-refractivity contribution is 0.0287. The van der Waals surface area contributed by atoms with Crippen molar-refractivity contribution in [3.05, 3.63) is 41.2 Å². The summed E-state index contributed by atoms with van der Waals surface area (Å²) in [6.45, 7) is 8.45. The minimum atomic E-state index is -0.566. The molecule has 1 aromatic heterocycles. The van der Waals surface area contributed by atoms with Crippen LogP contribution in [0.25, 0.3) is 0 Å². The summed E-state index contributed by atoms with van der Waals surface area (Å²) in [7, 11) is 3.13. The molecule has 1 aliphatic heterocycles. The van der Waals surface area contributed by atoms with Gasteiger partial charge in [0.25, 0.3) is 0 Å². The number of carbonyl (C=O) groups is 2. The lowest BCUT2D eigenvalue weighted by Crippen LogP contribution is -2.35. The Labute approximate surface area is 199 Å². The third-order valence-electron chi connectivity index (χ3n) is 5.09. The van der Waals surface area contributed by atoms with Gasteiger partial charge in [0.1, 0.15) is 28.4 Å². The number of carbonyl (C=O) groups excluding carboxylic acids is 2. The van der Waals surface area contributed by atoms with Crippen molar-refractivity contribution in [2.24, 2.45) is 0 Å². The molecule has 1 saturated heterocycles. The first kappa shape index (κ1) is 25.0. The predicted octanol–water partition coefficient (Wildman–Crippen LogP) is 3.66. The van der Waals surface area contributed by atoms with Gasteiger partial charge in [0.2, 0.25) is 0 Å². The van der Waals surface area contributed by atoms with Gasteiger partial charge in [-0.25, -0.2) is 9.59 Å². The molecule has 0 N–H and O–H groups in total. The van der Waals surface area contributed by atoms with E-state index in [1.807, 2.05) is 20.8 Å². The van der Waals surface area contributed by atoms with Crippen molar-refractivity contribution in [3.63, 3.8) is 0 Å². The molecule has 3 rings (SSSR count). The van der Waals surface area contributed by atoms with Crippen LogP contribution in [0.5, 0.6) is 11.5 Å². The van der Waals surface area contributed by atoms with Crippen LogP contribution >= 0.6 is 0 Å². The zero-order chi connectivity index (χ0) is 24.9. The molecule has 182 valence electrons. The first-order chi connectivity index (χ1) is 16.1. The fourth-order valence-electron chi connectivity index (χ4n) is 3.49. The Morgan fingerprint density at radius 3 is 2.38 bits per heavy atom. The molecule has 9 heteroatoms. The van der Waals surface area contributed by atoms with E-state index in [0.29, 0.717) is 42.3 Å². The largest absolute Gasteiger partial charge is 0.497 e. The standard InChI is InChI=1S/C25H31N3O6/c1-7-33-23(29)21-16-28(18-10-11-27(15-18)24(30)34-25(2,3)4)26-22(21)9-8-17-12-19(31-5)14-20(13-17)32-6/h12-14,16,18H,7,10-11,15H2,1-6H3. The molecule has 0 aliphatic carbocycles. The number of esters is 1. The zero-order valence-corrected chi connectivity index (χ0v) is 20.5. The van der Waals surface area contributed by atoms with E-state index in [2.05, 4.69) is 16.9 Å². The van der Waals surface area contributed by atoms with E-state index < -0.39 is 11.6 Å². The predicted molar refractivity (Wildman–Crippen MR) is 125 cm³/mol. The van der Waals surface area contributed by atoms with Crippen LogP contribution in [0.1, 0.15) is 61.8 Å². The fourth-order valence-corrected chi connectivity index (χ4v) is 3.49. The molecule has 1 fully saturated rings. The van der Waals surface area contributed by atoms with Crippen molar-refractivity contribution in [2.75, 3.05) is 33.9 Å².